The lowest BCUT2D eigenvalue weighted by atomic mass is 9.87. The first-order valence-electron chi connectivity index (χ1n) is 8.01. The van der Waals surface area contributed by atoms with E-state index in [1.165, 1.54) is 25.7 Å². The summed E-state index contributed by atoms with van der Waals surface area (Å²) in [5.41, 5.74) is 0. The number of rotatable bonds is 8. The SMILES string of the molecule is COCCNCCCc1ncc(C2CC3CCC2C3)o1. The van der Waals surface area contributed by atoms with E-state index >= 15 is 0 Å². The summed E-state index contributed by atoms with van der Waals surface area (Å²) < 4.78 is 11.0. The van der Waals surface area contributed by atoms with Crippen molar-refractivity contribution in [2.24, 2.45) is 11.8 Å². The molecule has 0 aliphatic heterocycles. The van der Waals surface area contributed by atoms with Gasteiger partial charge in [-0.25, -0.2) is 4.98 Å². The maximum absolute atomic E-state index is 5.98. The van der Waals surface area contributed by atoms with Crippen LogP contribution in [-0.2, 0) is 11.2 Å². The third kappa shape index (κ3) is 3.23. The van der Waals surface area contributed by atoms with Crippen LogP contribution in [0.25, 0.3) is 0 Å². The number of ether oxygens (including phenoxy) is 1. The molecular formula is C16H26N2O2. The summed E-state index contributed by atoms with van der Waals surface area (Å²) in [5, 5.41) is 3.35. The highest BCUT2D eigenvalue weighted by atomic mass is 16.5. The van der Waals surface area contributed by atoms with Gasteiger partial charge < -0.3 is 14.5 Å². The Morgan fingerprint density at radius 2 is 2.30 bits per heavy atom. The fourth-order valence-electron chi connectivity index (χ4n) is 3.87. The fourth-order valence-corrected chi connectivity index (χ4v) is 3.87. The Morgan fingerprint density at radius 1 is 1.35 bits per heavy atom. The maximum atomic E-state index is 5.98. The summed E-state index contributed by atoms with van der Waals surface area (Å²) in [7, 11) is 1.73. The molecule has 3 atom stereocenters. The molecule has 2 bridgehead atoms. The first-order valence-corrected chi connectivity index (χ1v) is 8.01. The molecule has 1 N–H and O–H groups in total. The van der Waals surface area contributed by atoms with E-state index < -0.39 is 0 Å². The maximum Gasteiger partial charge on any atom is 0.194 e. The van der Waals surface area contributed by atoms with Crippen LogP contribution in [0.4, 0.5) is 0 Å². The molecule has 0 radical (unpaired) electrons. The van der Waals surface area contributed by atoms with Crippen LogP contribution in [-0.4, -0.2) is 31.8 Å². The monoisotopic (exact) mass is 278 g/mol. The molecule has 0 aromatic carbocycles. The van der Waals surface area contributed by atoms with Gasteiger partial charge in [0.15, 0.2) is 5.89 Å². The van der Waals surface area contributed by atoms with Crippen molar-refractivity contribution in [2.75, 3.05) is 26.8 Å². The lowest BCUT2D eigenvalue weighted by Crippen LogP contribution is -2.20. The van der Waals surface area contributed by atoms with Gasteiger partial charge in [-0.1, -0.05) is 6.42 Å². The van der Waals surface area contributed by atoms with Crippen molar-refractivity contribution < 1.29 is 9.15 Å². The zero-order valence-corrected chi connectivity index (χ0v) is 12.4. The number of nitrogens with one attached hydrogen (secondary N) is 1. The molecule has 4 nitrogen and oxygen atoms in total. The number of aromatic nitrogens is 1. The molecule has 1 aromatic rings. The average Bonchev–Trinajstić information content (AvgIpc) is 3.17. The summed E-state index contributed by atoms with van der Waals surface area (Å²) >= 11 is 0. The molecule has 4 heteroatoms. The second-order valence-corrected chi connectivity index (χ2v) is 6.28. The Labute approximate surface area is 121 Å². The predicted octanol–water partition coefficient (Wildman–Crippen LogP) is 2.75. The highest BCUT2D eigenvalue weighted by Crippen LogP contribution is 2.52. The van der Waals surface area contributed by atoms with Gasteiger partial charge in [-0.15, -0.1) is 0 Å². The molecule has 0 spiro atoms. The highest BCUT2D eigenvalue weighted by Gasteiger charge is 2.41. The van der Waals surface area contributed by atoms with Gasteiger partial charge in [0.2, 0.25) is 0 Å². The van der Waals surface area contributed by atoms with Crippen LogP contribution in [0, 0.1) is 11.8 Å². The molecule has 1 aromatic heterocycles. The van der Waals surface area contributed by atoms with Gasteiger partial charge in [0, 0.05) is 26.0 Å². The Kier molecular flexibility index (Phi) is 4.73. The minimum absolute atomic E-state index is 0.662. The summed E-state index contributed by atoms with van der Waals surface area (Å²) in [6, 6.07) is 0. The number of oxazole rings is 1. The van der Waals surface area contributed by atoms with E-state index in [4.69, 9.17) is 9.15 Å². The molecule has 2 aliphatic rings. The minimum Gasteiger partial charge on any atom is -0.445 e. The smallest absolute Gasteiger partial charge is 0.194 e. The Hall–Kier alpha value is -0.870. The molecular weight excluding hydrogens is 252 g/mol. The molecule has 2 aliphatic carbocycles. The quantitative estimate of drug-likeness (QED) is 0.743. The van der Waals surface area contributed by atoms with Crippen molar-refractivity contribution in [2.45, 2.75) is 44.4 Å². The van der Waals surface area contributed by atoms with Gasteiger partial charge in [-0.05, 0) is 44.1 Å². The van der Waals surface area contributed by atoms with Crippen LogP contribution < -0.4 is 5.32 Å². The van der Waals surface area contributed by atoms with E-state index in [1.54, 1.807) is 7.11 Å². The van der Waals surface area contributed by atoms with Crippen LogP contribution in [0.3, 0.4) is 0 Å². The highest BCUT2D eigenvalue weighted by molar-refractivity contribution is 5.10. The predicted molar refractivity (Wildman–Crippen MR) is 77.8 cm³/mol. The first kappa shape index (κ1) is 14.1. The van der Waals surface area contributed by atoms with Crippen molar-refractivity contribution >= 4 is 0 Å². The summed E-state index contributed by atoms with van der Waals surface area (Å²) in [5.74, 6) is 4.56. The molecule has 2 saturated carbocycles. The third-order valence-electron chi connectivity index (χ3n) is 4.90. The summed E-state index contributed by atoms with van der Waals surface area (Å²) in [6.07, 6.45) is 9.58. The first-order chi connectivity index (χ1) is 9.86. The molecule has 3 rings (SSSR count). The second kappa shape index (κ2) is 6.72. The van der Waals surface area contributed by atoms with Crippen molar-refractivity contribution in [3.8, 4) is 0 Å². The van der Waals surface area contributed by atoms with Gasteiger partial charge in [-0.3, -0.25) is 0 Å². The van der Waals surface area contributed by atoms with Gasteiger partial charge in [0.1, 0.15) is 5.76 Å². The van der Waals surface area contributed by atoms with E-state index in [2.05, 4.69) is 10.3 Å². The van der Waals surface area contributed by atoms with Crippen LogP contribution >= 0.6 is 0 Å². The van der Waals surface area contributed by atoms with Gasteiger partial charge in [0.25, 0.3) is 0 Å². The van der Waals surface area contributed by atoms with Crippen LogP contribution in [0.5, 0.6) is 0 Å². The summed E-state index contributed by atoms with van der Waals surface area (Å²) in [4.78, 5) is 4.46. The summed E-state index contributed by atoms with van der Waals surface area (Å²) in [6.45, 7) is 2.68. The molecule has 0 saturated heterocycles. The normalized spacial score (nSPS) is 28.4. The standard InChI is InChI=1S/C16H26N2O2/c1-19-8-7-17-6-2-3-16-18-11-15(20-16)14-10-12-4-5-13(14)9-12/h11-14,17H,2-10H2,1H3. The average molecular weight is 278 g/mol. The number of nitrogens with zero attached hydrogens (tertiary/aromatic N) is 1. The zero-order valence-electron chi connectivity index (χ0n) is 12.4. The topological polar surface area (TPSA) is 47.3 Å². The fraction of sp³-hybridized carbons (Fsp3) is 0.812. The molecule has 2 fully saturated rings. The Bertz CT molecular complexity index is 418. The zero-order chi connectivity index (χ0) is 13.8. The molecule has 20 heavy (non-hydrogen) atoms. The Balaban J connectivity index is 1.41. The van der Waals surface area contributed by atoms with Gasteiger partial charge in [-0.2, -0.15) is 0 Å². The lowest BCUT2D eigenvalue weighted by Gasteiger charge is -2.18. The largest absolute Gasteiger partial charge is 0.445 e. The van der Waals surface area contributed by atoms with E-state index in [1.807, 2.05) is 6.20 Å². The van der Waals surface area contributed by atoms with Crippen molar-refractivity contribution in [1.29, 1.82) is 0 Å². The van der Waals surface area contributed by atoms with E-state index in [9.17, 15) is 0 Å². The lowest BCUT2D eigenvalue weighted by molar-refractivity contribution is 0.199. The van der Waals surface area contributed by atoms with Gasteiger partial charge in [0.05, 0.1) is 12.8 Å². The minimum atomic E-state index is 0.662. The second-order valence-electron chi connectivity index (χ2n) is 6.28. The Morgan fingerprint density at radius 3 is 3.05 bits per heavy atom. The van der Waals surface area contributed by atoms with E-state index in [0.717, 1.165) is 56.0 Å². The number of aryl methyl sites for hydroxylation is 1. The molecule has 1 heterocycles. The molecule has 3 unspecified atom stereocenters. The van der Waals surface area contributed by atoms with Crippen LogP contribution in [0.15, 0.2) is 10.6 Å². The molecule has 112 valence electrons. The number of methoxy groups -OCH3 is 1. The van der Waals surface area contributed by atoms with Crippen molar-refractivity contribution in [3.63, 3.8) is 0 Å². The third-order valence-corrected chi connectivity index (χ3v) is 4.90. The van der Waals surface area contributed by atoms with Crippen molar-refractivity contribution in [3.05, 3.63) is 17.8 Å². The van der Waals surface area contributed by atoms with E-state index in [-0.39, 0.29) is 0 Å². The number of hydrogen-bond donors (Lipinski definition) is 1. The van der Waals surface area contributed by atoms with Gasteiger partial charge >= 0.3 is 0 Å². The van der Waals surface area contributed by atoms with Crippen molar-refractivity contribution in [1.82, 2.24) is 10.3 Å². The number of fused-ring (bicyclic) bond motifs is 2. The molecule has 0 amide bonds. The number of hydrogen-bond acceptors (Lipinski definition) is 4. The van der Waals surface area contributed by atoms with Crippen LogP contribution in [0.2, 0.25) is 0 Å². The van der Waals surface area contributed by atoms with E-state index in [0.29, 0.717) is 5.92 Å². The van der Waals surface area contributed by atoms with Crippen LogP contribution in [0.1, 0.15) is 49.7 Å².